The molecule has 144 valence electrons. The summed E-state index contributed by atoms with van der Waals surface area (Å²) >= 11 is 0. The van der Waals surface area contributed by atoms with Gasteiger partial charge in [-0.1, -0.05) is 60.7 Å². The van der Waals surface area contributed by atoms with Crippen molar-refractivity contribution in [2.24, 2.45) is 0 Å². The summed E-state index contributed by atoms with van der Waals surface area (Å²) in [6.07, 6.45) is -3.11. The standard InChI is InChI=1S/C23H15F3N2O/c24-23(25,26)18-12-5-11-17(15-7-2-1-3-8-15)20(18)22(29)28-19-13-4-9-16-10-6-14-27-21(16)19/h1-14H,(H,28,29). The van der Waals surface area contributed by atoms with Crippen molar-refractivity contribution in [2.75, 3.05) is 5.32 Å². The summed E-state index contributed by atoms with van der Waals surface area (Å²) in [5.41, 5.74) is 0.202. The quantitative estimate of drug-likeness (QED) is 0.453. The van der Waals surface area contributed by atoms with E-state index in [0.29, 0.717) is 16.8 Å². The molecule has 0 atom stereocenters. The number of hydrogen-bond acceptors (Lipinski definition) is 2. The SMILES string of the molecule is O=C(Nc1cccc2cccnc12)c1c(-c2ccccc2)cccc1C(F)(F)F. The van der Waals surface area contributed by atoms with Crippen LogP contribution in [-0.4, -0.2) is 10.9 Å². The second kappa shape index (κ2) is 7.39. The first-order chi connectivity index (χ1) is 13.9. The molecular formula is C23H15F3N2O. The summed E-state index contributed by atoms with van der Waals surface area (Å²) in [5.74, 6) is -0.838. The fourth-order valence-corrected chi connectivity index (χ4v) is 3.28. The highest BCUT2D eigenvalue weighted by atomic mass is 19.4. The zero-order valence-electron chi connectivity index (χ0n) is 15.1. The monoisotopic (exact) mass is 392 g/mol. The number of hydrogen-bond donors (Lipinski definition) is 1. The van der Waals surface area contributed by atoms with E-state index < -0.39 is 23.2 Å². The van der Waals surface area contributed by atoms with E-state index in [9.17, 15) is 18.0 Å². The number of pyridine rings is 1. The molecule has 0 aliphatic carbocycles. The van der Waals surface area contributed by atoms with Gasteiger partial charge in [0, 0.05) is 11.6 Å². The van der Waals surface area contributed by atoms with Gasteiger partial charge in [0.2, 0.25) is 0 Å². The number of benzene rings is 3. The number of alkyl halides is 3. The van der Waals surface area contributed by atoms with Crippen LogP contribution < -0.4 is 5.32 Å². The Balaban J connectivity index is 1.85. The number of aromatic nitrogens is 1. The van der Waals surface area contributed by atoms with Crippen molar-refractivity contribution >= 4 is 22.5 Å². The third-order valence-corrected chi connectivity index (χ3v) is 4.56. The van der Waals surface area contributed by atoms with Gasteiger partial charge in [0.1, 0.15) is 0 Å². The van der Waals surface area contributed by atoms with Gasteiger partial charge in [-0.05, 0) is 29.3 Å². The second-order valence-electron chi connectivity index (χ2n) is 6.43. The predicted octanol–water partition coefficient (Wildman–Crippen LogP) is 6.17. The van der Waals surface area contributed by atoms with Crippen LogP contribution in [0.2, 0.25) is 0 Å². The molecule has 29 heavy (non-hydrogen) atoms. The Hall–Kier alpha value is -3.67. The van der Waals surface area contributed by atoms with Gasteiger partial charge in [-0.2, -0.15) is 13.2 Å². The van der Waals surface area contributed by atoms with Gasteiger partial charge in [0.05, 0.1) is 22.3 Å². The number of anilines is 1. The summed E-state index contributed by atoms with van der Waals surface area (Å²) in [5, 5.41) is 3.40. The van der Waals surface area contributed by atoms with Gasteiger partial charge in [-0.15, -0.1) is 0 Å². The largest absolute Gasteiger partial charge is 0.417 e. The lowest BCUT2D eigenvalue weighted by Gasteiger charge is -2.17. The molecule has 1 heterocycles. The Kier molecular flexibility index (Phi) is 4.76. The number of rotatable bonds is 3. The third kappa shape index (κ3) is 3.69. The molecule has 0 aliphatic rings. The van der Waals surface area contributed by atoms with E-state index in [-0.39, 0.29) is 5.56 Å². The normalized spacial score (nSPS) is 11.4. The highest BCUT2D eigenvalue weighted by molar-refractivity contribution is 6.12. The van der Waals surface area contributed by atoms with Crippen LogP contribution in [0.4, 0.5) is 18.9 Å². The first-order valence-corrected chi connectivity index (χ1v) is 8.86. The summed E-state index contributed by atoms with van der Waals surface area (Å²) in [6, 6.07) is 21.0. The number of halogens is 3. The Morgan fingerprint density at radius 1 is 0.828 bits per heavy atom. The fraction of sp³-hybridized carbons (Fsp3) is 0.0435. The molecule has 3 nitrogen and oxygen atoms in total. The predicted molar refractivity (Wildman–Crippen MR) is 107 cm³/mol. The molecule has 0 saturated heterocycles. The molecule has 0 bridgehead atoms. The van der Waals surface area contributed by atoms with Crippen LogP contribution in [0.5, 0.6) is 0 Å². The van der Waals surface area contributed by atoms with Crippen LogP contribution >= 0.6 is 0 Å². The van der Waals surface area contributed by atoms with Crippen LogP contribution in [0.3, 0.4) is 0 Å². The maximum Gasteiger partial charge on any atom is 0.417 e. The Labute approximate surface area is 164 Å². The summed E-state index contributed by atoms with van der Waals surface area (Å²) in [7, 11) is 0. The van der Waals surface area contributed by atoms with Gasteiger partial charge >= 0.3 is 6.18 Å². The molecule has 0 unspecified atom stereocenters. The van der Waals surface area contributed by atoms with Crippen molar-refractivity contribution in [3.8, 4) is 11.1 Å². The average Bonchev–Trinajstić information content (AvgIpc) is 2.73. The van der Waals surface area contributed by atoms with Crippen LogP contribution in [0.1, 0.15) is 15.9 Å². The lowest BCUT2D eigenvalue weighted by Crippen LogP contribution is -2.20. The van der Waals surface area contributed by atoms with Crippen LogP contribution in [0, 0.1) is 0 Å². The van der Waals surface area contributed by atoms with Crippen molar-refractivity contribution in [1.29, 1.82) is 0 Å². The minimum absolute atomic E-state index is 0.214. The number of amides is 1. The Morgan fingerprint density at radius 2 is 1.55 bits per heavy atom. The molecule has 0 fully saturated rings. The molecular weight excluding hydrogens is 377 g/mol. The van der Waals surface area contributed by atoms with E-state index >= 15 is 0 Å². The van der Waals surface area contributed by atoms with E-state index in [4.69, 9.17) is 0 Å². The fourth-order valence-electron chi connectivity index (χ4n) is 3.28. The van der Waals surface area contributed by atoms with Crippen molar-refractivity contribution in [2.45, 2.75) is 6.18 Å². The van der Waals surface area contributed by atoms with Crippen molar-refractivity contribution in [3.05, 3.63) is 96.2 Å². The molecule has 1 amide bonds. The van der Waals surface area contributed by atoms with Crippen LogP contribution in [0.15, 0.2) is 85.1 Å². The first-order valence-electron chi connectivity index (χ1n) is 8.86. The summed E-state index contributed by atoms with van der Waals surface area (Å²) < 4.78 is 41.1. The zero-order chi connectivity index (χ0) is 20.4. The van der Waals surface area contributed by atoms with Gasteiger partial charge in [-0.3, -0.25) is 9.78 Å². The highest BCUT2D eigenvalue weighted by Gasteiger charge is 2.36. The summed E-state index contributed by atoms with van der Waals surface area (Å²) in [6.45, 7) is 0. The molecule has 4 rings (SSSR count). The number of carbonyl (C=O) groups excluding carboxylic acids is 1. The number of fused-ring (bicyclic) bond motifs is 1. The Morgan fingerprint density at radius 3 is 2.31 bits per heavy atom. The zero-order valence-corrected chi connectivity index (χ0v) is 15.1. The molecule has 0 radical (unpaired) electrons. The van der Waals surface area contributed by atoms with Crippen molar-refractivity contribution in [3.63, 3.8) is 0 Å². The second-order valence-corrected chi connectivity index (χ2v) is 6.43. The number of nitrogens with one attached hydrogen (secondary N) is 1. The highest BCUT2D eigenvalue weighted by Crippen LogP contribution is 2.37. The van der Waals surface area contributed by atoms with Crippen molar-refractivity contribution < 1.29 is 18.0 Å². The molecule has 4 aromatic rings. The maximum absolute atomic E-state index is 13.7. The van der Waals surface area contributed by atoms with Gasteiger partial charge in [0.25, 0.3) is 5.91 Å². The van der Waals surface area contributed by atoms with Crippen molar-refractivity contribution in [1.82, 2.24) is 4.98 Å². The number of nitrogens with zero attached hydrogens (tertiary/aromatic N) is 1. The van der Waals surface area contributed by atoms with E-state index in [2.05, 4.69) is 10.3 Å². The molecule has 0 spiro atoms. The smallest absolute Gasteiger partial charge is 0.320 e. The molecule has 1 aromatic heterocycles. The molecule has 0 aliphatic heterocycles. The third-order valence-electron chi connectivity index (χ3n) is 4.56. The molecule has 1 N–H and O–H groups in total. The molecule has 6 heteroatoms. The van der Waals surface area contributed by atoms with E-state index in [1.165, 1.54) is 12.1 Å². The lowest BCUT2D eigenvalue weighted by molar-refractivity contribution is -0.137. The summed E-state index contributed by atoms with van der Waals surface area (Å²) in [4.78, 5) is 17.3. The average molecular weight is 392 g/mol. The molecule has 0 saturated carbocycles. The topological polar surface area (TPSA) is 42.0 Å². The van der Waals surface area contributed by atoms with Gasteiger partial charge in [-0.25, -0.2) is 0 Å². The minimum atomic E-state index is -4.67. The maximum atomic E-state index is 13.7. The van der Waals surface area contributed by atoms with Gasteiger partial charge < -0.3 is 5.32 Å². The Bertz CT molecular complexity index is 1180. The minimum Gasteiger partial charge on any atom is -0.320 e. The van der Waals surface area contributed by atoms with Gasteiger partial charge in [0.15, 0.2) is 0 Å². The first kappa shape index (κ1) is 18.7. The molecule has 3 aromatic carbocycles. The lowest BCUT2D eigenvalue weighted by atomic mass is 9.94. The number of para-hydroxylation sites is 1. The van der Waals surface area contributed by atoms with E-state index in [1.807, 2.05) is 12.1 Å². The van der Waals surface area contributed by atoms with E-state index in [1.54, 1.807) is 54.7 Å². The number of carbonyl (C=O) groups is 1. The van der Waals surface area contributed by atoms with Crippen LogP contribution in [0.25, 0.3) is 22.0 Å². The van der Waals surface area contributed by atoms with Crippen LogP contribution in [-0.2, 0) is 6.18 Å². The van der Waals surface area contributed by atoms with E-state index in [0.717, 1.165) is 11.5 Å².